The van der Waals surface area contributed by atoms with E-state index in [0.29, 0.717) is 12.0 Å². The Morgan fingerprint density at radius 1 is 1.32 bits per heavy atom. The second-order valence-electron chi connectivity index (χ2n) is 5.34. The molecule has 5 heteroatoms. The van der Waals surface area contributed by atoms with Crippen LogP contribution >= 0.6 is 11.6 Å². The molecule has 0 heterocycles. The maximum absolute atomic E-state index is 12.1. The summed E-state index contributed by atoms with van der Waals surface area (Å²) >= 11 is 5.90. The first-order valence-electron chi connectivity index (χ1n) is 6.46. The van der Waals surface area contributed by atoms with Crippen LogP contribution in [-0.2, 0) is 0 Å². The summed E-state index contributed by atoms with van der Waals surface area (Å²) in [6.07, 6.45) is 2.29. The van der Waals surface area contributed by atoms with Crippen molar-refractivity contribution in [3.05, 3.63) is 23.2 Å². The highest BCUT2D eigenvalue weighted by Gasteiger charge is 2.30. The Morgan fingerprint density at radius 3 is 2.53 bits per heavy atom. The highest BCUT2D eigenvalue weighted by Crippen LogP contribution is 2.36. The van der Waals surface area contributed by atoms with Gasteiger partial charge in [-0.05, 0) is 42.9 Å². The molecule has 0 aromatic heterocycles. The van der Waals surface area contributed by atoms with Gasteiger partial charge in [0.05, 0.1) is 5.02 Å². The van der Waals surface area contributed by atoms with Crippen LogP contribution in [-0.4, -0.2) is 12.7 Å². The summed E-state index contributed by atoms with van der Waals surface area (Å²) in [6.45, 7) is 1.61. The van der Waals surface area contributed by atoms with E-state index in [0.717, 1.165) is 24.4 Å². The number of hydrogen-bond acceptors (Lipinski definition) is 2. The van der Waals surface area contributed by atoms with Gasteiger partial charge in [0.15, 0.2) is 0 Å². The predicted molar refractivity (Wildman–Crippen MR) is 73.1 cm³/mol. The number of nitrogens with one attached hydrogen (secondary N) is 1. The molecule has 2 nitrogen and oxygen atoms in total. The van der Waals surface area contributed by atoms with Gasteiger partial charge in [-0.3, -0.25) is 0 Å². The van der Waals surface area contributed by atoms with E-state index in [2.05, 4.69) is 23.9 Å². The fourth-order valence-corrected chi connectivity index (χ4v) is 2.57. The van der Waals surface area contributed by atoms with Crippen LogP contribution in [0.2, 0.25) is 5.02 Å². The summed E-state index contributed by atoms with van der Waals surface area (Å²) in [6, 6.07) is 5.26. The summed E-state index contributed by atoms with van der Waals surface area (Å²) in [4.78, 5) is 0. The molecule has 0 amide bonds. The van der Waals surface area contributed by atoms with E-state index in [9.17, 15) is 8.78 Å². The first-order valence-corrected chi connectivity index (χ1v) is 6.84. The van der Waals surface area contributed by atoms with E-state index in [1.165, 1.54) is 6.07 Å². The van der Waals surface area contributed by atoms with Crippen molar-refractivity contribution >= 4 is 17.3 Å². The molecule has 1 aromatic carbocycles. The number of alkyl halides is 2. The predicted octanol–water partition coefficient (Wildman–Crippen LogP) is 4.79. The van der Waals surface area contributed by atoms with Gasteiger partial charge in [0.2, 0.25) is 0 Å². The summed E-state index contributed by atoms with van der Waals surface area (Å²) in [5.74, 6) is 1.49. The number of anilines is 1. The number of ether oxygens (including phenoxy) is 1. The van der Waals surface area contributed by atoms with Crippen molar-refractivity contribution in [1.82, 2.24) is 0 Å². The van der Waals surface area contributed by atoms with Crippen molar-refractivity contribution in [2.75, 3.05) is 5.32 Å². The lowest BCUT2D eigenvalue weighted by molar-refractivity contribution is -0.0497. The standard InChI is InChI=1S/C14H18ClF2NO/c1-8(2)9-5-11(6-9)18-10-3-4-13(12(15)7-10)19-14(16)17/h3-4,7-9,11,14,18H,5-6H2,1-2H3. The largest absolute Gasteiger partial charge is 0.433 e. The molecule has 0 saturated heterocycles. The van der Waals surface area contributed by atoms with Crippen molar-refractivity contribution in [3.8, 4) is 5.75 Å². The quantitative estimate of drug-likeness (QED) is 0.841. The SMILES string of the molecule is CC(C)C1CC(Nc2ccc(OC(F)F)c(Cl)c2)C1. The molecule has 0 atom stereocenters. The van der Waals surface area contributed by atoms with Crippen molar-refractivity contribution in [2.45, 2.75) is 39.3 Å². The second-order valence-corrected chi connectivity index (χ2v) is 5.75. The second kappa shape index (κ2) is 5.95. The van der Waals surface area contributed by atoms with Crippen LogP contribution in [0.4, 0.5) is 14.5 Å². The third-order valence-corrected chi connectivity index (χ3v) is 3.93. The lowest BCUT2D eigenvalue weighted by atomic mass is 9.73. The maximum atomic E-state index is 12.1. The van der Waals surface area contributed by atoms with Crippen LogP contribution in [0.15, 0.2) is 18.2 Å². The van der Waals surface area contributed by atoms with Gasteiger partial charge in [-0.25, -0.2) is 0 Å². The molecule has 1 saturated carbocycles. The molecule has 2 rings (SSSR count). The minimum atomic E-state index is -2.85. The molecule has 1 aromatic rings. The van der Waals surface area contributed by atoms with Crippen molar-refractivity contribution in [2.24, 2.45) is 11.8 Å². The van der Waals surface area contributed by atoms with Crippen LogP contribution in [0, 0.1) is 11.8 Å². The first-order chi connectivity index (χ1) is 8.95. The van der Waals surface area contributed by atoms with E-state index in [1.54, 1.807) is 12.1 Å². The molecule has 1 aliphatic carbocycles. The highest BCUT2D eigenvalue weighted by molar-refractivity contribution is 6.32. The van der Waals surface area contributed by atoms with Gasteiger partial charge in [-0.1, -0.05) is 25.4 Å². The van der Waals surface area contributed by atoms with E-state index in [4.69, 9.17) is 11.6 Å². The topological polar surface area (TPSA) is 21.3 Å². The summed E-state index contributed by atoms with van der Waals surface area (Å²) in [5.41, 5.74) is 0.846. The van der Waals surface area contributed by atoms with E-state index < -0.39 is 6.61 Å². The molecular formula is C14H18ClF2NO. The number of hydrogen-bond donors (Lipinski definition) is 1. The molecular weight excluding hydrogens is 272 g/mol. The minimum absolute atomic E-state index is 0.0101. The number of halogens is 3. The van der Waals surface area contributed by atoms with Gasteiger partial charge in [-0.2, -0.15) is 8.78 Å². The molecule has 0 spiro atoms. The molecule has 1 N–H and O–H groups in total. The zero-order valence-electron chi connectivity index (χ0n) is 11.0. The van der Waals surface area contributed by atoms with Crippen LogP contribution in [0.3, 0.4) is 0 Å². The monoisotopic (exact) mass is 289 g/mol. The number of rotatable bonds is 5. The third kappa shape index (κ3) is 3.72. The Balaban J connectivity index is 1.90. The van der Waals surface area contributed by atoms with Crippen LogP contribution < -0.4 is 10.1 Å². The Bertz CT molecular complexity index is 433. The van der Waals surface area contributed by atoms with Crippen LogP contribution in [0.1, 0.15) is 26.7 Å². The van der Waals surface area contributed by atoms with E-state index in [1.807, 2.05) is 0 Å². The fourth-order valence-electron chi connectivity index (χ4n) is 2.34. The minimum Gasteiger partial charge on any atom is -0.433 e. The smallest absolute Gasteiger partial charge is 0.387 e. The highest BCUT2D eigenvalue weighted by atomic mass is 35.5. The van der Waals surface area contributed by atoms with Gasteiger partial charge in [0, 0.05) is 11.7 Å². The summed E-state index contributed by atoms with van der Waals surface area (Å²) < 4.78 is 28.5. The third-order valence-electron chi connectivity index (χ3n) is 3.64. The van der Waals surface area contributed by atoms with E-state index in [-0.39, 0.29) is 10.8 Å². The van der Waals surface area contributed by atoms with Gasteiger partial charge in [0.1, 0.15) is 5.75 Å². The average Bonchev–Trinajstić information content (AvgIpc) is 2.25. The van der Waals surface area contributed by atoms with E-state index >= 15 is 0 Å². The first kappa shape index (κ1) is 14.4. The molecule has 106 valence electrons. The normalized spacial score (nSPS) is 22.5. The summed E-state index contributed by atoms with van der Waals surface area (Å²) in [5, 5.41) is 3.56. The molecule has 0 aliphatic heterocycles. The molecule has 1 aliphatic rings. The molecule has 1 fully saturated rings. The Labute approximate surface area is 117 Å². The van der Waals surface area contributed by atoms with Crippen LogP contribution in [0.25, 0.3) is 0 Å². The lowest BCUT2D eigenvalue weighted by Gasteiger charge is -2.39. The summed E-state index contributed by atoms with van der Waals surface area (Å²) in [7, 11) is 0. The Hall–Kier alpha value is -1.03. The molecule has 19 heavy (non-hydrogen) atoms. The van der Waals surface area contributed by atoms with Gasteiger partial charge in [-0.15, -0.1) is 0 Å². The molecule has 0 unspecified atom stereocenters. The Kier molecular flexibility index (Phi) is 4.50. The molecule has 0 bridgehead atoms. The Morgan fingerprint density at radius 2 is 2.00 bits per heavy atom. The van der Waals surface area contributed by atoms with Crippen molar-refractivity contribution in [1.29, 1.82) is 0 Å². The zero-order chi connectivity index (χ0) is 14.0. The van der Waals surface area contributed by atoms with Gasteiger partial charge < -0.3 is 10.1 Å². The maximum Gasteiger partial charge on any atom is 0.387 e. The lowest BCUT2D eigenvalue weighted by Crippen LogP contribution is -2.37. The molecule has 0 radical (unpaired) electrons. The van der Waals surface area contributed by atoms with Gasteiger partial charge in [0.25, 0.3) is 0 Å². The van der Waals surface area contributed by atoms with Crippen LogP contribution in [0.5, 0.6) is 5.75 Å². The fraction of sp³-hybridized carbons (Fsp3) is 0.571. The van der Waals surface area contributed by atoms with Gasteiger partial charge >= 0.3 is 6.61 Å². The van der Waals surface area contributed by atoms with Crippen molar-refractivity contribution in [3.63, 3.8) is 0 Å². The van der Waals surface area contributed by atoms with Crippen molar-refractivity contribution < 1.29 is 13.5 Å². The number of benzene rings is 1. The zero-order valence-corrected chi connectivity index (χ0v) is 11.8. The average molecular weight is 290 g/mol.